The lowest BCUT2D eigenvalue weighted by Crippen LogP contribution is -2.45. The average Bonchev–Trinajstić information content (AvgIpc) is 3.49. The van der Waals surface area contributed by atoms with Gasteiger partial charge in [-0.15, -0.1) is 11.3 Å². The smallest absolute Gasteiger partial charge is 0.434 e. The summed E-state index contributed by atoms with van der Waals surface area (Å²) in [5.41, 5.74) is -1.22. The fraction of sp³-hybridized carbons (Fsp3) is 0.357. The largest absolute Gasteiger partial charge is 0.477 e. The number of likely N-dealkylation sites (N-methyl/N-ethyl adjacent to an activating group) is 1. The van der Waals surface area contributed by atoms with Crippen molar-refractivity contribution in [3.63, 3.8) is 0 Å². The summed E-state index contributed by atoms with van der Waals surface area (Å²) in [5, 5.41) is 15.8. The third-order valence-corrected chi connectivity index (χ3v) is 8.11. The molecule has 4 aromatic rings. The zero-order valence-electron chi connectivity index (χ0n) is 23.8. The molecule has 0 radical (unpaired) electrons. The van der Waals surface area contributed by atoms with Gasteiger partial charge in [0.05, 0.1) is 22.8 Å². The zero-order chi connectivity index (χ0) is 31.6. The predicted octanol–water partition coefficient (Wildman–Crippen LogP) is 3.69. The minimum Gasteiger partial charge on any atom is -0.477 e. The first kappa shape index (κ1) is 31.0. The van der Waals surface area contributed by atoms with E-state index in [2.05, 4.69) is 35.4 Å². The molecular formula is C28H29F3N8O4S. The van der Waals surface area contributed by atoms with E-state index in [1.807, 2.05) is 7.05 Å². The number of halogens is 3. The van der Waals surface area contributed by atoms with Crippen LogP contribution in [0.4, 0.5) is 23.8 Å². The molecule has 0 unspecified atom stereocenters. The third kappa shape index (κ3) is 6.71. The highest BCUT2D eigenvalue weighted by Gasteiger charge is 2.34. The number of piperazine rings is 1. The number of nitrogens with zero attached hydrogens (tertiary/aromatic N) is 6. The van der Waals surface area contributed by atoms with Crippen LogP contribution in [0.2, 0.25) is 0 Å². The van der Waals surface area contributed by atoms with Gasteiger partial charge in [0.25, 0.3) is 0 Å². The summed E-state index contributed by atoms with van der Waals surface area (Å²) >= 11 is 0.746. The molecule has 0 aromatic carbocycles. The number of carboxylic acids is 1. The van der Waals surface area contributed by atoms with Gasteiger partial charge in [0.1, 0.15) is 16.4 Å². The summed E-state index contributed by atoms with van der Waals surface area (Å²) in [4.78, 5) is 54.4. The molecule has 1 aliphatic heterocycles. The Kier molecular flexibility index (Phi) is 8.94. The standard InChI is InChI=1S/C28H29F3N8O4S/c1-3-32-27(43)36-23-11-16(25-35-22(15-44-25)28(29,30)31)18(12-34-23)20-10-17-21(13-33-20)39(14-19(24(17)40)26(41)42)9-8-38-6-4-37(2)5-7-38/h10-15H,3-9H2,1-2H3,(H,41,42)(H2,32,34,36,43). The molecule has 16 heteroatoms. The molecule has 0 aliphatic carbocycles. The second-order valence-corrected chi connectivity index (χ2v) is 11.1. The molecule has 232 valence electrons. The molecule has 0 spiro atoms. The molecule has 0 bridgehead atoms. The summed E-state index contributed by atoms with van der Waals surface area (Å²) in [6, 6.07) is 2.22. The minimum absolute atomic E-state index is 0.0144. The predicted molar refractivity (Wildman–Crippen MR) is 159 cm³/mol. The maximum Gasteiger partial charge on any atom is 0.434 e. The van der Waals surface area contributed by atoms with Crippen molar-refractivity contribution in [2.45, 2.75) is 19.6 Å². The molecule has 5 rings (SSSR count). The van der Waals surface area contributed by atoms with E-state index in [0.717, 1.165) is 42.9 Å². The Balaban J connectivity index is 1.59. The summed E-state index contributed by atoms with van der Waals surface area (Å²) in [7, 11) is 2.05. The lowest BCUT2D eigenvalue weighted by molar-refractivity contribution is -0.140. The van der Waals surface area contributed by atoms with Crippen LogP contribution in [0.1, 0.15) is 23.0 Å². The van der Waals surface area contributed by atoms with Gasteiger partial charge in [0.2, 0.25) is 5.43 Å². The van der Waals surface area contributed by atoms with Crippen LogP contribution in [0.25, 0.3) is 32.7 Å². The molecule has 12 nitrogen and oxygen atoms in total. The second-order valence-electron chi connectivity index (χ2n) is 10.2. The molecule has 0 saturated carbocycles. The topological polar surface area (TPSA) is 146 Å². The lowest BCUT2D eigenvalue weighted by Gasteiger charge is -2.32. The number of alkyl halides is 3. The number of nitrogens with one attached hydrogen (secondary N) is 2. The summed E-state index contributed by atoms with van der Waals surface area (Å²) in [5.74, 6) is -1.33. The fourth-order valence-electron chi connectivity index (χ4n) is 4.85. The molecular weight excluding hydrogens is 601 g/mol. The number of carboxylic acid groups (broad SMARTS) is 1. The van der Waals surface area contributed by atoms with Crippen molar-refractivity contribution >= 4 is 40.1 Å². The van der Waals surface area contributed by atoms with Gasteiger partial charge in [0, 0.05) is 74.7 Å². The highest BCUT2D eigenvalue weighted by atomic mass is 32.1. The number of fused-ring (bicyclic) bond motifs is 1. The van der Waals surface area contributed by atoms with E-state index in [0.29, 0.717) is 25.2 Å². The number of rotatable bonds is 8. The van der Waals surface area contributed by atoms with Gasteiger partial charge in [0.15, 0.2) is 5.69 Å². The van der Waals surface area contributed by atoms with Gasteiger partial charge in [-0.25, -0.2) is 19.6 Å². The third-order valence-electron chi connectivity index (χ3n) is 7.23. The van der Waals surface area contributed by atoms with E-state index < -0.39 is 34.9 Å². The Hall–Kier alpha value is -4.41. The van der Waals surface area contributed by atoms with Gasteiger partial charge in [-0.05, 0) is 26.1 Å². The van der Waals surface area contributed by atoms with Gasteiger partial charge in [-0.3, -0.25) is 20.0 Å². The number of hydrogen-bond donors (Lipinski definition) is 3. The SMILES string of the molecule is CCNC(=O)Nc1cc(-c2nc(C(F)(F)F)cs2)c(-c2cc3c(=O)c(C(=O)O)cn(CCN4CCN(C)CC4)c3cn2)cn1. The maximum atomic E-state index is 13.4. The first-order valence-electron chi connectivity index (χ1n) is 13.7. The van der Waals surface area contributed by atoms with Gasteiger partial charge in [-0.2, -0.15) is 13.2 Å². The van der Waals surface area contributed by atoms with E-state index in [1.54, 1.807) is 11.5 Å². The van der Waals surface area contributed by atoms with Crippen molar-refractivity contribution in [2.24, 2.45) is 0 Å². The van der Waals surface area contributed by atoms with Crippen LogP contribution in [0.15, 0.2) is 40.9 Å². The summed E-state index contributed by atoms with van der Waals surface area (Å²) in [6.07, 6.45) is -0.608. The fourth-order valence-corrected chi connectivity index (χ4v) is 5.70. The quantitative estimate of drug-likeness (QED) is 0.265. The van der Waals surface area contributed by atoms with E-state index in [-0.39, 0.29) is 33.0 Å². The maximum absolute atomic E-state index is 13.4. The molecule has 5 heterocycles. The van der Waals surface area contributed by atoms with Crippen LogP contribution in [-0.4, -0.2) is 92.7 Å². The first-order valence-corrected chi connectivity index (χ1v) is 14.6. The Morgan fingerprint density at radius 1 is 1.07 bits per heavy atom. The van der Waals surface area contributed by atoms with Gasteiger partial charge >= 0.3 is 18.2 Å². The molecule has 0 atom stereocenters. The van der Waals surface area contributed by atoms with Crippen molar-refractivity contribution in [1.29, 1.82) is 0 Å². The van der Waals surface area contributed by atoms with Gasteiger partial charge in [-0.1, -0.05) is 0 Å². The second kappa shape index (κ2) is 12.7. The number of urea groups is 1. The molecule has 1 aliphatic rings. The van der Waals surface area contributed by atoms with Crippen molar-refractivity contribution in [2.75, 3.05) is 51.6 Å². The normalized spacial score (nSPS) is 14.6. The molecule has 3 N–H and O–H groups in total. The van der Waals surface area contributed by atoms with Crippen LogP contribution in [0.5, 0.6) is 0 Å². The molecule has 2 amide bonds. The minimum atomic E-state index is -4.67. The Morgan fingerprint density at radius 3 is 2.48 bits per heavy atom. The number of pyridine rings is 3. The number of carbonyl (C=O) groups excluding carboxylic acids is 1. The lowest BCUT2D eigenvalue weighted by atomic mass is 10.0. The van der Waals surface area contributed by atoms with E-state index in [4.69, 9.17) is 0 Å². The first-order chi connectivity index (χ1) is 20.9. The van der Waals surface area contributed by atoms with E-state index in [9.17, 15) is 32.7 Å². The summed E-state index contributed by atoms with van der Waals surface area (Å²) < 4.78 is 41.9. The number of aromatic carboxylic acids is 1. The van der Waals surface area contributed by atoms with Crippen LogP contribution in [-0.2, 0) is 12.7 Å². The molecule has 4 aromatic heterocycles. The summed E-state index contributed by atoms with van der Waals surface area (Å²) in [6.45, 7) is 6.64. The zero-order valence-corrected chi connectivity index (χ0v) is 24.6. The Bertz CT molecular complexity index is 1770. The molecule has 1 saturated heterocycles. The average molecular weight is 631 g/mol. The van der Waals surface area contributed by atoms with Crippen molar-refractivity contribution < 1.29 is 27.9 Å². The molecule has 44 heavy (non-hydrogen) atoms. The monoisotopic (exact) mass is 630 g/mol. The Labute approximate surface area is 253 Å². The number of thiazole rings is 1. The van der Waals surface area contributed by atoms with E-state index in [1.165, 1.54) is 30.7 Å². The Morgan fingerprint density at radius 2 is 1.82 bits per heavy atom. The number of amides is 2. The van der Waals surface area contributed by atoms with Crippen molar-refractivity contribution in [3.05, 3.63) is 57.6 Å². The van der Waals surface area contributed by atoms with E-state index >= 15 is 0 Å². The van der Waals surface area contributed by atoms with Crippen LogP contribution in [0, 0.1) is 0 Å². The van der Waals surface area contributed by atoms with Crippen LogP contribution < -0.4 is 16.1 Å². The highest BCUT2D eigenvalue weighted by Crippen LogP contribution is 2.38. The van der Waals surface area contributed by atoms with Gasteiger partial charge < -0.3 is 19.9 Å². The number of aromatic nitrogens is 4. The number of anilines is 1. The van der Waals surface area contributed by atoms with Crippen LogP contribution >= 0.6 is 11.3 Å². The van der Waals surface area contributed by atoms with Crippen molar-refractivity contribution in [1.82, 2.24) is 34.6 Å². The molecule has 1 fully saturated rings. The number of carbonyl (C=O) groups is 2. The van der Waals surface area contributed by atoms with Crippen molar-refractivity contribution in [3.8, 4) is 21.8 Å². The highest BCUT2D eigenvalue weighted by molar-refractivity contribution is 7.13. The van der Waals surface area contributed by atoms with Crippen LogP contribution in [0.3, 0.4) is 0 Å². The number of hydrogen-bond acceptors (Lipinski definition) is 9.